The van der Waals surface area contributed by atoms with E-state index in [1.54, 1.807) is 33.3 Å². The summed E-state index contributed by atoms with van der Waals surface area (Å²) in [7, 11) is 6.45. The number of piperidine rings is 1. The molecule has 2 saturated heterocycles. The van der Waals surface area contributed by atoms with E-state index in [9.17, 15) is 9.59 Å². The minimum absolute atomic E-state index is 0.0278. The topological polar surface area (TPSA) is 80.8 Å². The molecule has 9 nitrogen and oxygen atoms in total. The lowest BCUT2D eigenvalue weighted by atomic mass is 9.82. The molecule has 0 spiro atoms. The highest BCUT2D eigenvalue weighted by Gasteiger charge is 2.43. The minimum Gasteiger partial charge on any atom is -0.497 e. The quantitative estimate of drug-likeness (QED) is 0.401. The molecular formula is C32H37N3O6. The second-order valence-corrected chi connectivity index (χ2v) is 10.2. The van der Waals surface area contributed by atoms with Gasteiger partial charge in [-0.05, 0) is 60.5 Å². The molecule has 0 N–H and O–H groups in total. The molecule has 2 heterocycles. The van der Waals surface area contributed by atoms with E-state index in [0.717, 1.165) is 17.0 Å². The first-order valence-electron chi connectivity index (χ1n) is 13.8. The molecule has 5 rings (SSSR count). The van der Waals surface area contributed by atoms with Crippen LogP contribution in [0.25, 0.3) is 0 Å². The van der Waals surface area contributed by atoms with Crippen LogP contribution in [-0.2, 0) is 9.59 Å². The van der Waals surface area contributed by atoms with Crippen LogP contribution in [0, 0.1) is 5.92 Å². The van der Waals surface area contributed by atoms with Crippen LogP contribution in [0.1, 0.15) is 24.4 Å². The van der Waals surface area contributed by atoms with Crippen LogP contribution in [0.4, 0.5) is 11.4 Å². The summed E-state index contributed by atoms with van der Waals surface area (Å²) in [6.45, 7) is 2.56. The van der Waals surface area contributed by atoms with Crippen molar-refractivity contribution in [3.8, 4) is 23.0 Å². The monoisotopic (exact) mass is 559 g/mol. The molecule has 2 fully saturated rings. The van der Waals surface area contributed by atoms with Crippen molar-refractivity contribution >= 4 is 23.2 Å². The summed E-state index contributed by atoms with van der Waals surface area (Å²) in [6, 6.07) is 20.4. The van der Waals surface area contributed by atoms with Crippen LogP contribution in [0.5, 0.6) is 23.0 Å². The number of nitrogens with zero attached hydrogens (tertiary/aromatic N) is 3. The van der Waals surface area contributed by atoms with Crippen LogP contribution >= 0.6 is 0 Å². The van der Waals surface area contributed by atoms with Crippen LogP contribution in [-0.4, -0.2) is 71.3 Å². The van der Waals surface area contributed by atoms with Crippen LogP contribution < -0.4 is 28.7 Å². The number of carbonyl (C=O) groups is 2. The highest BCUT2D eigenvalue weighted by molar-refractivity contribution is 5.97. The highest BCUT2D eigenvalue weighted by Crippen LogP contribution is 2.43. The third kappa shape index (κ3) is 5.62. The molecule has 3 aromatic rings. The van der Waals surface area contributed by atoms with Gasteiger partial charge in [-0.2, -0.15) is 0 Å². The fourth-order valence-electron chi connectivity index (χ4n) is 5.91. The summed E-state index contributed by atoms with van der Waals surface area (Å²) in [5.74, 6) is 2.25. The SMILES string of the molecule is COc1ccc(N2C(=O)CCC(C(=O)N3CCN(c4ccccc4OC)CC3)C2c2ccc(OC)c(OC)c2)cc1. The van der Waals surface area contributed by atoms with E-state index in [0.29, 0.717) is 55.5 Å². The van der Waals surface area contributed by atoms with Crippen molar-refractivity contribution in [2.24, 2.45) is 5.92 Å². The normalized spacial score (nSPS) is 19.1. The van der Waals surface area contributed by atoms with Crippen molar-refractivity contribution in [3.05, 3.63) is 72.3 Å². The number of ether oxygens (including phenoxy) is 4. The summed E-state index contributed by atoms with van der Waals surface area (Å²) in [5.41, 5.74) is 2.56. The van der Waals surface area contributed by atoms with Gasteiger partial charge < -0.3 is 33.6 Å². The van der Waals surface area contributed by atoms with Crippen molar-refractivity contribution in [1.29, 1.82) is 0 Å². The van der Waals surface area contributed by atoms with Crippen molar-refractivity contribution in [2.75, 3.05) is 64.4 Å². The Kier molecular flexibility index (Phi) is 8.52. The first-order chi connectivity index (χ1) is 20.0. The van der Waals surface area contributed by atoms with E-state index in [4.69, 9.17) is 18.9 Å². The van der Waals surface area contributed by atoms with E-state index >= 15 is 0 Å². The number of benzene rings is 3. The number of anilines is 2. The molecule has 2 atom stereocenters. The van der Waals surface area contributed by atoms with E-state index in [2.05, 4.69) is 4.90 Å². The molecule has 9 heteroatoms. The largest absolute Gasteiger partial charge is 0.497 e. The van der Waals surface area contributed by atoms with Gasteiger partial charge >= 0.3 is 0 Å². The Hall–Kier alpha value is -4.40. The van der Waals surface area contributed by atoms with Gasteiger partial charge in [0.25, 0.3) is 0 Å². The Bertz CT molecular complexity index is 1370. The maximum Gasteiger partial charge on any atom is 0.228 e. The maximum atomic E-state index is 14.2. The molecule has 0 aliphatic carbocycles. The molecule has 216 valence electrons. The summed E-state index contributed by atoms with van der Waals surface area (Å²) < 4.78 is 22.0. The van der Waals surface area contributed by atoms with Crippen LogP contribution in [0.2, 0.25) is 0 Å². The molecule has 2 aliphatic rings. The molecule has 2 aliphatic heterocycles. The molecule has 0 aromatic heterocycles. The Morgan fingerprint density at radius 1 is 0.756 bits per heavy atom. The Morgan fingerprint density at radius 2 is 1.44 bits per heavy atom. The zero-order valence-electron chi connectivity index (χ0n) is 24.0. The van der Waals surface area contributed by atoms with Crippen LogP contribution in [0.3, 0.4) is 0 Å². The number of piperazine rings is 1. The molecule has 0 saturated carbocycles. The zero-order valence-corrected chi connectivity index (χ0v) is 24.0. The average Bonchev–Trinajstić information content (AvgIpc) is 3.04. The van der Waals surface area contributed by atoms with E-state index in [1.807, 2.05) is 71.6 Å². The van der Waals surface area contributed by atoms with E-state index in [1.165, 1.54) is 0 Å². The number of para-hydroxylation sites is 2. The van der Waals surface area contributed by atoms with Gasteiger partial charge in [0.05, 0.1) is 46.1 Å². The number of methoxy groups -OCH3 is 4. The predicted molar refractivity (Wildman–Crippen MR) is 157 cm³/mol. The van der Waals surface area contributed by atoms with Crippen molar-refractivity contribution in [3.63, 3.8) is 0 Å². The lowest BCUT2D eigenvalue weighted by molar-refractivity contribution is -0.138. The van der Waals surface area contributed by atoms with Gasteiger partial charge in [0, 0.05) is 38.3 Å². The van der Waals surface area contributed by atoms with Gasteiger partial charge in [-0.25, -0.2) is 0 Å². The van der Waals surface area contributed by atoms with E-state index in [-0.39, 0.29) is 18.2 Å². The average molecular weight is 560 g/mol. The summed E-state index contributed by atoms with van der Waals surface area (Å²) in [6.07, 6.45) is 0.753. The summed E-state index contributed by atoms with van der Waals surface area (Å²) in [4.78, 5) is 33.7. The fraction of sp³-hybridized carbons (Fsp3) is 0.375. The Labute approximate surface area is 241 Å². The van der Waals surface area contributed by atoms with E-state index < -0.39 is 12.0 Å². The first-order valence-corrected chi connectivity index (χ1v) is 13.8. The zero-order chi connectivity index (χ0) is 28.9. The molecule has 2 unspecified atom stereocenters. The molecule has 2 amide bonds. The molecule has 3 aromatic carbocycles. The van der Waals surface area contributed by atoms with Crippen molar-refractivity contribution < 1.29 is 28.5 Å². The van der Waals surface area contributed by atoms with Gasteiger partial charge in [-0.1, -0.05) is 18.2 Å². The second-order valence-electron chi connectivity index (χ2n) is 10.2. The lowest BCUT2D eigenvalue weighted by Gasteiger charge is -2.44. The number of hydrogen-bond donors (Lipinski definition) is 0. The van der Waals surface area contributed by atoms with Crippen molar-refractivity contribution in [1.82, 2.24) is 4.90 Å². The Morgan fingerprint density at radius 3 is 2.10 bits per heavy atom. The third-order valence-corrected chi connectivity index (χ3v) is 8.03. The van der Waals surface area contributed by atoms with Gasteiger partial charge in [0.2, 0.25) is 11.8 Å². The van der Waals surface area contributed by atoms with Gasteiger partial charge in [0.1, 0.15) is 11.5 Å². The number of hydrogen-bond acceptors (Lipinski definition) is 7. The number of carbonyl (C=O) groups excluding carboxylic acids is 2. The predicted octanol–water partition coefficient (Wildman–Crippen LogP) is 4.55. The minimum atomic E-state index is -0.510. The van der Waals surface area contributed by atoms with Gasteiger partial charge in [-0.15, -0.1) is 0 Å². The summed E-state index contributed by atoms with van der Waals surface area (Å²) in [5, 5.41) is 0. The highest BCUT2D eigenvalue weighted by atomic mass is 16.5. The Balaban J connectivity index is 1.46. The smallest absolute Gasteiger partial charge is 0.228 e. The lowest BCUT2D eigenvalue weighted by Crippen LogP contribution is -2.54. The number of amides is 2. The second kappa shape index (κ2) is 12.4. The third-order valence-electron chi connectivity index (χ3n) is 8.03. The number of rotatable bonds is 8. The summed E-state index contributed by atoms with van der Waals surface area (Å²) >= 11 is 0. The molecule has 41 heavy (non-hydrogen) atoms. The van der Waals surface area contributed by atoms with Crippen molar-refractivity contribution in [2.45, 2.75) is 18.9 Å². The van der Waals surface area contributed by atoms with Gasteiger partial charge in [0.15, 0.2) is 11.5 Å². The fourth-order valence-corrected chi connectivity index (χ4v) is 5.91. The maximum absolute atomic E-state index is 14.2. The van der Waals surface area contributed by atoms with Gasteiger partial charge in [-0.3, -0.25) is 9.59 Å². The molecule has 0 bridgehead atoms. The standard InChI is InChI=1S/C32H37N3O6/c1-38-24-12-10-23(11-13-24)35-30(36)16-14-25(31(35)22-9-15-28(40-3)29(21-22)41-4)32(37)34-19-17-33(18-20-34)26-7-5-6-8-27(26)39-2/h5-13,15,21,25,31H,14,16-20H2,1-4H3. The first kappa shape index (κ1) is 28.1. The molecular weight excluding hydrogens is 522 g/mol. The van der Waals surface area contributed by atoms with Crippen LogP contribution in [0.15, 0.2) is 66.7 Å². The molecule has 0 radical (unpaired) electrons.